The number of nitrogens with two attached hydrogens (primary N) is 1. The number of hydrogen-bond donors (Lipinski definition) is 1. The van der Waals surface area contributed by atoms with Gasteiger partial charge < -0.3 is 10.5 Å². The smallest absolute Gasteiger partial charge is 0.307 e. The molecule has 0 saturated carbocycles. The van der Waals surface area contributed by atoms with Crippen LogP contribution >= 0.6 is 12.4 Å². The molecule has 0 aromatic carbocycles. The first-order valence-corrected chi connectivity index (χ1v) is 5.28. The van der Waals surface area contributed by atoms with E-state index in [1.165, 1.54) is 0 Å². The van der Waals surface area contributed by atoms with Gasteiger partial charge in [-0.2, -0.15) is 5.26 Å². The number of ether oxygens (including phenoxy) is 1. The lowest BCUT2D eigenvalue weighted by Crippen LogP contribution is -2.23. The van der Waals surface area contributed by atoms with E-state index in [4.69, 9.17) is 15.7 Å². The summed E-state index contributed by atoms with van der Waals surface area (Å²) < 4.78 is 4.86. The largest absolute Gasteiger partial charge is 0.447 e. The maximum absolute atomic E-state index is 11.3. The molecule has 0 fully saturated rings. The zero-order valence-electron chi connectivity index (χ0n) is 10.1. The van der Waals surface area contributed by atoms with Crippen molar-refractivity contribution in [2.24, 2.45) is 17.6 Å². The average Bonchev–Trinajstić information content (AvgIpc) is 2.15. The minimum atomic E-state index is -0.671. The first-order chi connectivity index (χ1) is 6.99. The normalized spacial score (nSPS) is 13.5. The van der Waals surface area contributed by atoms with Crippen LogP contribution in [0, 0.1) is 23.2 Å². The van der Waals surface area contributed by atoms with Crippen LogP contribution in [0.5, 0.6) is 0 Å². The second kappa shape index (κ2) is 9.44. The Morgan fingerprint density at radius 2 is 2.00 bits per heavy atom. The van der Waals surface area contributed by atoms with Crippen LogP contribution < -0.4 is 5.73 Å². The molecule has 0 amide bonds. The molecule has 0 radical (unpaired) electrons. The number of carbonyl (C=O) groups is 1. The maximum Gasteiger partial charge on any atom is 0.307 e. The standard InChI is InChI=1S/C11H20N2O2.ClH/c1-8(2)4-10(7-13)5-11(14)15-9(3)6-12;/h8-10H,4-5,7,13H2,1-3H3;1H/t9?,10-;/m0./s1. The molecule has 16 heavy (non-hydrogen) atoms. The van der Waals surface area contributed by atoms with Gasteiger partial charge in [-0.1, -0.05) is 13.8 Å². The quantitative estimate of drug-likeness (QED) is 0.728. The Kier molecular flexibility index (Phi) is 10.4. The summed E-state index contributed by atoms with van der Waals surface area (Å²) in [5.41, 5.74) is 5.56. The van der Waals surface area contributed by atoms with E-state index in [1.807, 2.05) is 6.07 Å². The minimum Gasteiger partial charge on any atom is -0.447 e. The lowest BCUT2D eigenvalue weighted by molar-refractivity contribution is -0.147. The molecule has 0 aliphatic carbocycles. The van der Waals surface area contributed by atoms with Crippen LogP contribution in [-0.2, 0) is 9.53 Å². The van der Waals surface area contributed by atoms with E-state index in [-0.39, 0.29) is 24.3 Å². The van der Waals surface area contributed by atoms with Gasteiger partial charge in [-0.05, 0) is 31.7 Å². The lowest BCUT2D eigenvalue weighted by Gasteiger charge is -2.16. The van der Waals surface area contributed by atoms with Crippen LogP contribution in [-0.4, -0.2) is 18.6 Å². The van der Waals surface area contributed by atoms with Gasteiger partial charge in [0.15, 0.2) is 6.10 Å². The van der Waals surface area contributed by atoms with Crippen molar-refractivity contribution in [3.8, 4) is 6.07 Å². The third kappa shape index (κ3) is 8.51. The van der Waals surface area contributed by atoms with Crippen LogP contribution in [0.4, 0.5) is 0 Å². The van der Waals surface area contributed by atoms with Gasteiger partial charge in [0, 0.05) is 6.42 Å². The van der Waals surface area contributed by atoms with Gasteiger partial charge in [-0.25, -0.2) is 0 Å². The molecule has 2 atom stereocenters. The molecule has 2 N–H and O–H groups in total. The zero-order valence-corrected chi connectivity index (χ0v) is 10.9. The third-order valence-corrected chi connectivity index (χ3v) is 2.08. The highest BCUT2D eigenvalue weighted by molar-refractivity contribution is 5.85. The number of nitrogens with zero attached hydrogens (tertiary/aromatic N) is 1. The molecule has 5 heteroatoms. The predicted molar refractivity (Wildman–Crippen MR) is 65.0 cm³/mol. The van der Waals surface area contributed by atoms with Crippen LogP contribution in [0.3, 0.4) is 0 Å². The van der Waals surface area contributed by atoms with E-state index >= 15 is 0 Å². The Morgan fingerprint density at radius 1 is 1.44 bits per heavy atom. The third-order valence-electron chi connectivity index (χ3n) is 2.08. The molecular formula is C11H21ClN2O2. The fraction of sp³-hybridized carbons (Fsp3) is 0.818. The molecule has 1 unspecified atom stereocenters. The van der Waals surface area contributed by atoms with Gasteiger partial charge in [-0.3, -0.25) is 4.79 Å². The van der Waals surface area contributed by atoms with Crippen molar-refractivity contribution in [2.75, 3.05) is 6.54 Å². The highest BCUT2D eigenvalue weighted by atomic mass is 35.5. The summed E-state index contributed by atoms with van der Waals surface area (Å²) >= 11 is 0. The van der Waals surface area contributed by atoms with Gasteiger partial charge in [0.25, 0.3) is 0 Å². The van der Waals surface area contributed by atoms with E-state index in [9.17, 15) is 4.79 Å². The zero-order chi connectivity index (χ0) is 11.8. The van der Waals surface area contributed by atoms with Gasteiger partial charge in [-0.15, -0.1) is 12.4 Å². The van der Waals surface area contributed by atoms with Crippen LogP contribution in [0.2, 0.25) is 0 Å². The molecule has 0 aliphatic rings. The first-order valence-electron chi connectivity index (χ1n) is 5.28. The molecule has 0 aliphatic heterocycles. The summed E-state index contributed by atoms with van der Waals surface area (Å²) in [6, 6.07) is 1.85. The van der Waals surface area contributed by atoms with Crippen molar-refractivity contribution < 1.29 is 9.53 Å². The molecule has 0 saturated heterocycles. The second-order valence-electron chi connectivity index (χ2n) is 4.20. The van der Waals surface area contributed by atoms with Gasteiger partial charge in [0.05, 0.1) is 0 Å². The Labute approximate surface area is 104 Å². The Bertz CT molecular complexity index is 239. The summed E-state index contributed by atoms with van der Waals surface area (Å²) in [5.74, 6) is 0.336. The predicted octanol–water partition coefficient (Wildman–Crippen LogP) is 1.87. The molecule has 0 bridgehead atoms. The lowest BCUT2D eigenvalue weighted by atomic mass is 9.94. The Hall–Kier alpha value is -0.790. The molecule has 0 heterocycles. The molecule has 4 nitrogen and oxygen atoms in total. The molecule has 0 aromatic rings. The maximum atomic E-state index is 11.3. The first kappa shape index (κ1) is 17.6. The topological polar surface area (TPSA) is 76.1 Å². The van der Waals surface area contributed by atoms with Crippen molar-refractivity contribution in [1.82, 2.24) is 0 Å². The highest BCUT2D eigenvalue weighted by Gasteiger charge is 2.16. The van der Waals surface area contributed by atoms with Crippen molar-refractivity contribution >= 4 is 18.4 Å². The summed E-state index contributed by atoms with van der Waals surface area (Å²) in [7, 11) is 0. The summed E-state index contributed by atoms with van der Waals surface area (Å²) in [5, 5.41) is 8.47. The molecule has 0 aromatic heterocycles. The Balaban J connectivity index is 0. The fourth-order valence-corrected chi connectivity index (χ4v) is 1.44. The molecule has 0 rings (SSSR count). The fourth-order valence-electron chi connectivity index (χ4n) is 1.44. The number of hydrogen-bond acceptors (Lipinski definition) is 4. The monoisotopic (exact) mass is 248 g/mol. The summed E-state index contributed by atoms with van der Waals surface area (Å²) in [6.45, 7) is 6.21. The van der Waals surface area contributed by atoms with E-state index in [0.29, 0.717) is 18.9 Å². The summed E-state index contributed by atoms with van der Waals surface area (Å²) in [4.78, 5) is 11.3. The SMILES string of the molecule is CC(C)C[C@H](CN)CC(=O)OC(C)C#N.Cl. The highest BCUT2D eigenvalue weighted by Crippen LogP contribution is 2.15. The van der Waals surface area contributed by atoms with Crippen molar-refractivity contribution in [3.63, 3.8) is 0 Å². The second-order valence-corrected chi connectivity index (χ2v) is 4.20. The average molecular weight is 249 g/mol. The Morgan fingerprint density at radius 3 is 2.38 bits per heavy atom. The molecular weight excluding hydrogens is 228 g/mol. The summed E-state index contributed by atoms with van der Waals surface area (Å²) in [6.07, 6.45) is 0.544. The van der Waals surface area contributed by atoms with Crippen LogP contribution in [0.25, 0.3) is 0 Å². The number of nitriles is 1. The molecule has 0 spiro atoms. The van der Waals surface area contributed by atoms with Gasteiger partial charge in [0.1, 0.15) is 6.07 Å². The van der Waals surface area contributed by atoms with Crippen LogP contribution in [0.1, 0.15) is 33.6 Å². The van der Waals surface area contributed by atoms with Crippen molar-refractivity contribution in [3.05, 3.63) is 0 Å². The van der Waals surface area contributed by atoms with E-state index in [1.54, 1.807) is 6.92 Å². The number of rotatable bonds is 6. The van der Waals surface area contributed by atoms with E-state index < -0.39 is 6.10 Å². The van der Waals surface area contributed by atoms with E-state index in [2.05, 4.69) is 13.8 Å². The number of esters is 1. The van der Waals surface area contributed by atoms with Gasteiger partial charge in [0.2, 0.25) is 0 Å². The van der Waals surface area contributed by atoms with E-state index in [0.717, 1.165) is 6.42 Å². The van der Waals surface area contributed by atoms with Crippen molar-refractivity contribution in [2.45, 2.75) is 39.7 Å². The minimum absolute atomic E-state index is 0. The van der Waals surface area contributed by atoms with Crippen LogP contribution in [0.15, 0.2) is 0 Å². The molecule has 94 valence electrons. The number of halogens is 1. The van der Waals surface area contributed by atoms with Crippen molar-refractivity contribution in [1.29, 1.82) is 5.26 Å². The van der Waals surface area contributed by atoms with Gasteiger partial charge >= 0.3 is 5.97 Å². The number of carbonyl (C=O) groups excluding carboxylic acids is 1.